The number of nitrogens with zero attached hydrogens (tertiary/aromatic N) is 2. The molecule has 0 amide bonds. The summed E-state index contributed by atoms with van der Waals surface area (Å²) in [5.74, 6) is 0.834. The van der Waals surface area contributed by atoms with E-state index in [-0.39, 0.29) is 0 Å². The van der Waals surface area contributed by atoms with Crippen molar-refractivity contribution in [2.45, 2.75) is 13.3 Å². The molecule has 0 unspecified atom stereocenters. The van der Waals surface area contributed by atoms with Crippen LogP contribution in [0.25, 0.3) is 10.6 Å². The molecule has 84 valence electrons. The summed E-state index contributed by atoms with van der Waals surface area (Å²) < 4.78 is 1.11. The minimum atomic E-state index is 0.834. The molecule has 0 aromatic carbocycles. The van der Waals surface area contributed by atoms with Crippen molar-refractivity contribution < 1.29 is 0 Å². The van der Waals surface area contributed by atoms with Crippen molar-refractivity contribution in [2.75, 3.05) is 11.9 Å². The van der Waals surface area contributed by atoms with Crippen molar-refractivity contribution in [2.24, 2.45) is 0 Å². The molecule has 0 atom stereocenters. The molecule has 0 bridgehead atoms. The minimum absolute atomic E-state index is 0.834. The van der Waals surface area contributed by atoms with E-state index in [0.717, 1.165) is 33.1 Å². The number of thiophene rings is 1. The van der Waals surface area contributed by atoms with Gasteiger partial charge in [0.05, 0.1) is 8.66 Å². The number of aromatic nitrogens is 2. The molecule has 0 radical (unpaired) electrons. The molecule has 0 fully saturated rings. The van der Waals surface area contributed by atoms with Crippen LogP contribution in [0.5, 0.6) is 0 Å². The standard InChI is InChI=1S/C11H12BrN3S/c1-2-7-13-11-6-3-8(14-15-11)9-4-5-10(12)16-9/h3-6H,2,7H2,1H3,(H,13,15). The average molecular weight is 298 g/mol. The van der Waals surface area contributed by atoms with Gasteiger partial charge in [0.1, 0.15) is 11.5 Å². The van der Waals surface area contributed by atoms with Crippen molar-refractivity contribution in [1.29, 1.82) is 0 Å². The van der Waals surface area contributed by atoms with Crippen LogP contribution in [-0.2, 0) is 0 Å². The second-order valence-electron chi connectivity index (χ2n) is 3.33. The molecule has 2 aromatic rings. The van der Waals surface area contributed by atoms with Gasteiger partial charge in [-0.2, -0.15) is 0 Å². The number of anilines is 1. The third-order valence-electron chi connectivity index (χ3n) is 2.05. The third-order valence-corrected chi connectivity index (χ3v) is 3.69. The molecule has 0 saturated heterocycles. The molecule has 1 N–H and O–H groups in total. The van der Waals surface area contributed by atoms with Gasteiger partial charge in [-0.15, -0.1) is 21.5 Å². The number of nitrogens with one attached hydrogen (secondary N) is 1. The summed E-state index contributed by atoms with van der Waals surface area (Å²) in [5.41, 5.74) is 0.915. The fourth-order valence-corrected chi connectivity index (χ4v) is 2.61. The maximum Gasteiger partial charge on any atom is 0.148 e. The summed E-state index contributed by atoms with van der Waals surface area (Å²) in [5, 5.41) is 11.5. The van der Waals surface area contributed by atoms with Crippen molar-refractivity contribution in [1.82, 2.24) is 10.2 Å². The lowest BCUT2D eigenvalue weighted by molar-refractivity contribution is 0.946. The van der Waals surface area contributed by atoms with Crippen LogP contribution >= 0.6 is 27.3 Å². The Kier molecular flexibility index (Phi) is 3.90. The Labute approximate surface area is 107 Å². The largest absolute Gasteiger partial charge is 0.369 e. The van der Waals surface area contributed by atoms with E-state index in [2.05, 4.69) is 38.4 Å². The highest BCUT2D eigenvalue weighted by molar-refractivity contribution is 9.11. The van der Waals surface area contributed by atoms with Crippen LogP contribution in [0.15, 0.2) is 28.1 Å². The SMILES string of the molecule is CCCNc1ccc(-c2ccc(Br)s2)nn1. The van der Waals surface area contributed by atoms with Gasteiger partial charge < -0.3 is 5.32 Å². The molecule has 0 aliphatic rings. The molecule has 16 heavy (non-hydrogen) atoms. The number of rotatable bonds is 4. The fourth-order valence-electron chi connectivity index (χ4n) is 1.26. The van der Waals surface area contributed by atoms with Gasteiger partial charge in [-0.25, -0.2) is 0 Å². The van der Waals surface area contributed by atoms with Crippen molar-refractivity contribution in [3.8, 4) is 10.6 Å². The Hall–Kier alpha value is -0.940. The summed E-state index contributed by atoms with van der Waals surface area (Å²) in [6.45, 7) is 3.05. The summed E-state index contributed by atoms with van der Waals surface area (Å²) >= 11 is 5.09. The maximum atomic E-state index is 4.19. The van der Waals surface area contributed by atoms with Crippen molar-refractivity contribution in [3.63, 3.8) is 0 Å². The van der Waals surface area contributed by atoms with Crippen molar-refractivity contribution in [3.05, 3.63) is 28.1 Å². The van der Waals surface area contributed by atoms with E-state index in [9.17, 15) is 0 Å². The van der Waals surface area contributed by atoms with Gasteiger partial charge >= 0.3 is 0 Å². The predicted octanol–water partition coefficient (Wildman–Crippen LogP) is 3.79. The van der Waals surface area contributed by atoms with Crippen molar-refractivity contribution >= 4 is 33.1 Å². The first kappa shape index (κ1) is 11.5. The van der Waals surface area contributed by atoms with E-state index in [1.807, 2.05) is 24.3 Å². The zero-order chi connectivity index (χ0) is 11.4. The summed E-state index contributed by atoms with van der Waals surface area (Å²) in [7, 11) is 0. The van der Waals surface area contributed by atoms with Crippen LogP contribution in [0.3, 0.4) is 0 Å². The summed E-state index contributed by atoms with van der Waals surface area (Å²) in [6, 6.07) is 8.01. The Bertz CT molecular complexity index is 453. The lowest BCUT2D eigenvalue weighted by Crippen LogP contribution is -2.02. The maximum absolute atomic E-state index is 4.19. The molecule has 0 aliphatic carbocycles. The second-order valence-corrected chi connectivity index (χ2v) is 5.80. The Balaban J connectivity index is 2.13. The van der Waals surface area contributed by atoms with Gasteiger partial charge in [0.25, 0.3) is 0 Å². The normalized spacial score (nSPS) is 10.4. The average Bonchev–Trinajstić information content (AvgIpc) is 2.74. The van der Waals surface area contributed by atoms with E-state index in [0.29, 0.717) is 0 Å². The van der Waals surface area contributed by atoms with E-state index < -0.39 is 0 Å². The number of hydrogen-bond acceptors (Lipinski definition) is 4. The molecule has 2 rings (SSSR count). The molecular weight excluding hydrogens is 286 g/mol. The van der Waals surface area contributed by atoms with E-state index in [4.69, 9.17) is 0 Å². The molecule has 3 nitrogen and oxygen atoms in total. The van der Waals surface area contributed by atoms with E-state index in [1.54, 1.807) is 11.3 Å². The molecule has 5 heteroatoms. The van der Waals surface area contributed by atoms with Crippen LogP contribution in [-0.4, -0.2) is 16.7 Å². The molecule has 0 aliphatic heterocycles. The highest BCUT2D eigenvalue weighted by Crippen LogP contribution is 2.29. The molecular formula is C11H12BrN3S. The lowest BCUT2D eigenvalue weighted by atomic mass is 10.3. The van der Waals surface area contributed by atoms with Gasteiger partial charge in [0.2, 0.25) is 0 Å². The van der Waals surface area contributed by atoms with Crippen LogP contribution in [0.4, 0.5) is 5.82 Å². The minimum Gasteiger partial charge on any atom is -0.369 e. The van der Waals surface area contributed by atoms with Crippen LogP contribution in [0.1, 0.15) is 13.3 Å². The first-order valence-corrected chi connectivity index (χ1v) is 6.74. The molecule has 0 spiro atoms. The number of hydrogen-bond donors (Lipinski definition) is 1. The van der Waals surface area contributed by atoms with E-state index >= 15 is 0 Å². The highest BCUT2D eigenvalue weighted by atomic mass is 79.9. The smallest absolute Gasteiger partial charge is 0.148 e. The second kappa shape index (κ2) is 5.41. The monoisotopic (exact) mass is 297 g/mol. The fraction of sp³-hybridized carbons (Fsp3) is 0.273. The van der Waals surface area contributed by atoms with Crippen LogP contribution in [0, 0.1) is 0 Å². The van der Waals surface area contributed by atoms with Crippen LogP contribution < -0.4 is 5.32 Å². The molecule has 2 aromatic heterocycles. The number of halogens is 1. The first-order chi connectivity index (χ1) is 7.79. The molecule has 0 saturated carbocycles. The summed E-state index contributed by atoms with van der Waals surface area (Å²) in [4.78, 5) is 1.13. The third kappa shape index (κ3) is 2.80. The zero-order valence-electron chi connectivity index (χ0n) is 8.90. The van der Waals surface area contributed by atoms with Gasteiger partial charge in [-0.1, -0.05) is 6.92 Å². The Morgan fingerprint density at radius 2 is 2.12 bits per heavy atom. The quantitative estimate of drug-likeness (QED) is 0.933. The summed E-state index contributed by atoms with van der Waals surface area (Å²) in [6.07, 6.45) is 1.08. The van der Waals surface area contributed by atoms with Gasteiger partial charge in [0, 0.05) is 6.54 Å². The lowest BCUT2D eigenvalue weighted by Gasteiger charge is -2.02. The van der Waals surface area contributed by atoms with Gasteiger partial charge in [-0.3, -0.25) is 0 Å². The Morgan fingerprint density at radius 3 is 2.69 bits per heavy atom. The van der Waals surface area contributed by atoms with Gasteiger partial charge in [0.15, 0.2) is 0 Å². The topological polar surface area (TPSA) is 37.8 Å². The highest BCUT2D eigenvalue weighted by Gasteiger charge is 2.03. The van der Waals surface area contributed by atoms with E-state index in [1.165, 1.54) is 0 Å². The first-order valence-electron chi connectivity index (χ1n) is 5.13. The predicted molar refractivity (Wildman–Crippen MR) is 71.8 cm³/mol. The van der Waals surface area contributed by atoms with Crippen LogP contribution in [0.2, 0.25) is 0 Å². The molecule has 2 heterocycles. The van der Waals surface area contributed by atoms with Gasteiger partial charge in [-0.05, 0) is 46.6 Å². The zero-order valence-corrected chi connectivity index (χ0v) is 11.3. The Morgan fingerprint density at radius 1 is 1.25 bits per heavy atom.